The summed E-state index contributed by atoms with van der Waals surface area (Å²) in [5, 5.41) is 3.03. The number of aryl methyl sites for hydroxylation is 1. The van der Waals surface area contributed by atoms with Gasteiger partial charge in [-0.1, -0.05) is 23.2 Å². The van der Waals surface area contributed by atoms with Gasteiger partial charge in [0.2, 0.25) is 0 Å². The van der Waals surface area contributed by atoms with E-state index in [1.165, 1.54) is 5.56 Å². The number of nitrogens with two attached hydrogens (primary N) is 1. The molecule has 2 unspecified atom stereocenters. The van der Waals surface area contributed by atoms with Gasteiger partial charge in [-0.2, -0.15) is 0 Å². The lowest BCUT2D eigenvalue weighted by Crippen LogP contribution is -2.28. The van der Waals surface area contributed by atoms with E-state index in [4.69, 9.17) is 33.7 Å². The van der Waals surface area contributed by atoms with E-state index in [2.05, 4.69) is 13.0 Å². The molecule has 1 aromatic heterocycles. The predicted molar refractivity (Wildman–Crippen MR) is 82.5 cm³/mol. The molecule has 0 fully saturated rings. The molecular weight excluding hydrogens is 301 g/mol. The number of hydrogen-bond acceptors (Lipinski definition) is 3. The average Bonchev–Trinajstić information content (AvgIpc) is 2.76. The van der Waals surface area contributed by atoms with Crippen molar-refractivity contribution in [3.63, 3.8) is 0 Å². The van der Waals surface area contributed by atoms with Crippen LogP contribution in [-0.2, 0) is 0 Å². The molecule has 1 aromatic carbocycles. The van der Waals surface area contributed by atoms with Gasteiger partial charge >= 0.3 is 0 Å². The van der Waals surface area contributed by atoms with Crippen molar-refractivity contribution in [3.8, 4) is 5.75 Å². The minimum absolute atomic E-state index is 0.119. The van der Waals surface area contributed by atoms with Crippen molar-refractivity contribution in [1.82, 2.24) is 0 Å². The van der Waals surface area contributed by atoms with Crippen LogP contribution in [0, 0.1) is 6.92 Å². The second kappa shape index (κ2) is 6.14. The summed E-state index contributed by atoms with van der Waals surface area (Å²) in [7, 11) is 0. The molecule has 0 saturated carbocycles. The van der Waals surface area contributed by atoms with Crippen molar-refractivity contribution in [3.05, 3.63) is 50.1 Å². The Hall–Kier alpha value is -0.740. The SMILES string of the molecule is Cc1ccsc1C(Oc1ccc(Cl)c(Cl)c1)C(C)N. The number of halogens is 2. The van der Waals surface area contributed by atoms with E-state index >= 15 is 0 Å². The van der Waals surface area contributed by atoms with Crippen molar-refractivity contribution in [2.45, 2.75) is 26.0 Å². The maximum absolute atomic E-state index is 6.04. The monoisotopic (exact) mass is 315 g/mol. The Morgan fingerprint density at radius 1 is 1.21 bits per heavy atom. The molecular formula is C14H15Cl2NOS. The van der Waals surface area contributed by atoms with Gasteiger partial charge in [0.15, 0.2) is 0 Å². The van der Waals surface area contributed by atoms with Gasteiger partial charge in [-0.15, -0.1) is 11.3 Å². The van der Waals surface area contributed by atoms with E-state index < -0.39 is 0 Å². The number of ether oxygens (including phenoxy) is 1. The third kappa shape index (κ3) is 3.42. The molecule has 1 heterocycles. The zero-order valence-corrected chi connectivity index (χ0v) is 13.0. The quantitative estimate of drug-likeness (QED) is 0.877. The average molecular weight is 316 g/mol. The molecule has 2 aromatic rings. The van der Waals surface area contributed by atoms with Crippen LogP contribution in [0.2, 0.25) is 10.0 Å². The lowest BCUT2D eigenvalue weighted by Gasteiger charge is -2.22. The highest BCUT2D eigenvalue weighted by Crippen LogP contribution is 2.33. The highest BCUT2D eigenvalue weighted by molar-refractivity contribution is 7.10. The highest BCUT2D eigenvalue weighted by atomic mass is 35.5. The maximum atomic E-state index is 6.04. The smallest absolute Gasteiger partial charge is 0.148 e. The first-order chi connectivity index (χ1) is 8.99. The van der Waals surface area contributed by atoms with Crippen molar-refractivity contribution in [2.75, 3.05) is 0 Å². The highest BCUT2D eigenvalue weighted by Gasteiger charge is 2.21. The van der Waals surface area contributed by atoms with Crippen LogP contribution in [0.1, 0.15) is 23.5 Å². The molecule has 2 N–H and O–H groups in total. The van der Waals surface area contributed by atoms with Crippen molar-refractivity contribution in [2.24, 2.45) is 5.73 Å². The van der Waals surface area contributed by atoms with Gasteiger partial charge in [-0.25, -0.2) is 0 Å². The van der Waals surface area contributed by atoms with Crippen LogP contribution >= 0.6 is 34.5 Å². The Kier molecular flexibility index (Phi) is 4.74. The van der Waals surface area contributed by atoms with Gasteiger partial charge in [0.25, 0.3) is 0 Å². The fourth-order valence-electron chi connectivity index (χ4n) is 1.77. The molecule has 0 amide bonds. The van der Waals surface area contributed by atoms with Crippen LogP contribution in [0.5, 0.6) is 5.75 Å². The summed E-state index contributed by atoms with van der Waals surface area (Å²) in [5.41, 5.74) is 7.22. The van der Waals surface area contributed by atoms with Gasteiger partial charge in [0.1, 0.15) is 11.9 Å². The minimum Gasteiger partial charge on any atom is -0.483 e. The number of hydrogen-bond donors (Lipinski definition) is 1. The summed E-state index contributed by atoms with van der Waals surface area (Å²) < 4.78 is 5.98. The van der Waals surface area contributed by atoms with Gasteiger partial charge in [-0.3, -0.25) is 0 Å². The Bertz CT molecular complexity index is 568. The normalized spacial score (nSPS) is 14.2. The Morgan fingerprint density at radius 3 is 2.47 bits per heavy atom. The first-order valence-corrected chi connectivity index (χ1v) is 7.54. The molecule has 102 valence electrons. The molecule has 0 aliphatic rings. The van der Waals surface area contributed by atoms with Crippen molar-refractivity contribution in [1.29, 1.82) is 0 Å². The van der Waals surface area contributed by atoms with E-state index in [1.54, 1.807) is 29.5 Å². The van der Waals surface area contributed by atoms with E-state index in [1.807, 2.05) is 12.3 Å². The number of benzene rings is 1. The Balaban J connectivity index is 2.27. The van der Waals surface area contributed by atoms with Crippen molar-refractivity contribution >= 4 is 34.5 Å². The second-order valence-corrected chi connectivity index (χ2v) is 6.20. The molecule has 19 heavy (non-hydrogen) atoms. The predicted octanol–water partition coefficient (Wildman–Crippen LogP) is 4.83. The van der Waals surface area contributed by atoms with Crippen LogP contribution in [0.25, 0.3) is 0 Å². The molecule has 2 rings (SSSR count). The van der Waals surface area contributed by atoms with E-state index in [-0.39, 0.29) is 12.1 Å². The summed E-state index contributed by atoms with van der Waals surface area (Å²) in [6.45, 7) is 3.99. The van der Waals surface area contributed by atoms with Crippen LogP contribution < -0.4 is 10.5 Å². The van der Waals surface area contributed by atoms with Crippen LogP contribution in [-0.4, -0.2) is 6.04 Å². The van der Waals surface area contributed by atoms with Crippen LogP contribution in [0.15, 0.2) is 29.6 Å². The lowest BCUT2D eigenvalue weighted by atomic mass is 10.1. The van der Waals surface area contributed by atoms with Crippen LogP contribution in [0.4, 0.5) is 0 Å². The summed E-state index contributed by atoms with van der Waals surface area (Å²) in [5.74, 6) is 0.671. The van der Waals surface area contributed by atoms with Crippen LogP contribution in [0.3, 0.4) is 0 Å². The maximum Gasteiger partial charge on any atom is 0.148 e. The summed E-state index contributed by atoms with van der Waals surface area (Å²) >= 11 is 13.5. The second-order valence-electron chi connectivity index (χ2n) is 4.44. The Labute approximate surface area is 127 Å². The first kappa shape index (κ1) is 14.7. The molecule has 0 aliphatic heterocycles. The summed E-state index contributed by atoms with van der Waals surface area (Å²) in [4.78, 5) is 1.14. The molecule has 0 aliphatic carbocycles. The number of thiophene rings is 1. The van der Waals surface area contributed by atoms with Crippen molar-refractivity contribution < 1.29 is 4.74 Å². The zero-order valence-electron chi connectivity index (χ0n) is 10.7. The first-order valence-electron chi connectivity index (χ1n) is 5.90. The fourth-order valence-corrected chi connectivity index (χ4v) is 3.13. The largest absolute Gasteiger partial charge is 0.483 e. The molecule has 0 bridgehead atoms. The fraction of sp³-hybridized carbons (Fsp3) is 0.286. The Morgan fingerprint density at radius 2 is 1.95 bits per heavy atom. The van der Waals surface area contributed by atoms with E-state index in [0.717, 1.165) is 4.88 Å². The molecule has 5 heteroatoms. The summed E-state index contributed by atoms with van der Waals surface area (Å²) in [6, 6.07) is 7.17. The van der Waals surface area contributed by atoms with E-state index in [0.29, 0.717) is 15.8 Å². The molecule has 0 saturated heterocycles. The lowest BCUT2D eigenvalue weighted by molar-refractivity contribution is 0.183. The zero-order chi connectivity index (χ0) is 14.0. The molecule has 2 atom stereocenters. The topological polar surface area (TPSA) is 35.2 Å². The van der Waals surface area contributed by atoms with Gasteiger partial charge in [0.05, 0.1) is 10.0 Å². The summed E-state index contributed by atoms with van der Waals surface area (Å²) in [6.07, 6.45) is -0.183. The van der Waals surface area contributed by atoms with E-state index in [9.17, 15) is 0 Å². The number of rotatable bonds is 4. The third-order valence-electron chi connectivity index (χ3n) is 2.79. The van der Waals surface area contributed by atoms with Gasteiger partial charge in [0, 0.05) is 17.0 Å². The molecule has 0 spiro atoms. The molecule has 2 nitrogen and oxygen atoms in total. The standard InChI is InChI=1S/C14H15Cl2NOS/c1-8-5-6-19-14(8)13(9(2)17)18-10-3-4-11(15)12(16)7-10/h3-7,9,13H,17H2,1-2H3. The minimum atomic E-state index is -0.183. The van der Waals surface area contributed by atoms with Gasteiger partial charge in [-0.05, 0) is 43.0 Å². The van der Waals surface area contributed by atoms with Gasteiger partial charge < -0.3 is 10.5 Å². The third-order valence-corrected chi connectivity index (χ3v) is 4.61. The molecule has 0 radical (unpaired) electrons.